The summed E-state index contributed by atoms with van der Waals surface area (Å²) in [7, 11) is 0. The molecule has 116 valence electrons. The van der Waals surface area contributed by atoms with E-state index in [4.69, 9.17) is 0 Å². The van der Waals surface area contributed by atoms with Gasteiger partial charge in [0.05, 0.1) is 12.5 Å². The van der Waals surface area contributed by atoms with Gasteiger partial charge in [0.25, 0.3) is 0 Å². The summed E-state index contributed by atoms with van der Waals surface area (Å²) in [6.07, 6.45) is 0. The fraction of sp³-hybridized carbons (Fsp3) is 0.375. The molecule has 22 heavy (non-hydrogen) atoms. The smallest absolute Gasteiger partial charge is 0.229 e. The van der Waals surface area contributed by atoms with Crippen LogP contribution < -0.4 is 5.32 Å². The number of nitrogens with zero attached hydrogens (tertiary/aromatic N) is 3. The van der Waals surface area contributed by atoms with Crippen LogP contribution >= 0.6 is 0 Å². The highest BCUT2D eigenvalue weighted by Gasteiger charge is 2.16. The Hall–Kier alpha value is -2.50. The number of Topliss-reactive ketones (excluding diaryl/α,β-unsaturated/α-hetero) is 1. The molecule has 1 N–H and O–H groups in total. The average molecular weight is 300 g/mol. The van der Waals surface area contributed by atoms with Crippen molar-refractivity contribution >= 4 is 17.4 Å². The highest BCUT2D eigenvalue weighted by molar-refractivity contribution is 5.96. The lowest BCUT2D eigenvalue weighted by molar-refractivity contribution is -0.119. The van der Waals surface area contributed by atoms with Crippen LogP contribution in [0.5, 0.6) is 0 Å². The van der Waals surface area contributed by atoms with E-state index in [1.807, 2.05) is 20.8 Å². The van der Waals surface area contributed by atoms with Crippen molar-refractivity contribution in [3.63, 3.8) is 0 Å². The molecule has 2 rings (SSSR count). The molecule has 0 saturated heterocycles. The molecule has 1 atom stereocenters. The zero-order valence-corrected chi connectivity index (χ0v) is 13.3. The van der Waals surface area contributed by atoms with Gasteiger partial charge in [-0.2, -0.15) is 5.10 Å². The summed E-state index contributed by atoms with van der Waals surface area (Å²) in [5.41, 5.74) is 1.30. The standard InChI is InChI=1S/C16H20N4O2/c1-10(9-20-13(4)17-12(3)19-20)16(22)18-15-7-5-14(6-8-15)11(2)21/h5-8,10H,9H2,1-4H3,(H,18,22)/t10-/m0/s1. The Morgan fingerprint density at radius 1 is 1.23 bits per heavy atom. The van der Waals surface area contributed by atoms with Gasteiger partial charge in [0, 0.05) is 11.3 Å². The topological polar surface area (TPSA) is 76.9 Å². The molecule has 0 aliphatic heterocycles. The molecule has 6 nitrogen and oxygen atoms in total. The number of benzene rings is 1. The van der Waals surface area contributed by atoms with E-state index in [0.717, 1.165) is 5.82 Å². The first-order valence-corrected chi connectivity index (χ1v) is 7.16. The van der Waals surface area contributed by atoms with Crippen molar-refractivity contribution in [1.29, 1.82) is 0 Å². The zero-order valence-electron chi connectivity index (χ0n) is 13.3. The minimum Gasteiger partial charge on any atom is -0.326 e. The van der Waals surface area contributed by atoms with Gasteiger partial charge < -0.3 is 5.32 Å². The molecule has 1 amide bonds. The van der Waals surface area contributed by atoms with Crippen LogP contribution in [0.2, 0.25) is 0 Å². The number of amides is 1. The van der Waals surface area contributed by atoms with Crippen molar-refractivity contribution in [2.45, 2.75) is 34.2 Å². The molecule has 0 aliphatic carbocycles. The molecule has 0 fully saturated rings. The molecule has 0 saturated carbocycles. The van der Waals surface area contributed by atoms with E-state index in [-0.39, 0.29) is 17.6 Å². The number of nitrogens with one attached hydrogen (secondary N) is 1. The fourth-order valence-corrected chi connectivity index (χ4v) is 2.13. The van der Waals surface area contributed by atoms with Gasteiger partial charge in [-0.3, -0.25) is 9.59 Å². The predicted molar refractivity (Wildman–Crippen MR) is 83.7 cm³/mol. The third kappa shape index (κ3) is 3.78. The second-order valence-electron chi connectivity index (χ2n) is 5.41. The van der Waals surface area contributed by atoms with Crippen LogP contribution in [0.15, 0.2) is 24.3 Å². The quantitative estimate of drug-likeness (QED) is 0.860. The molecule has 0 spiro atoms. The average Bonchev–Trinajstić information content (AvgIpc) is 2.77. The van der Waals surface area contributed by atoms with E-state index < -0.39 is 0 Å². The summed E-state index contributed by atoms with van der Waals surface area (Å²) in [6, 6.07) is 6.86. The second-order valence-corrected chi connectivity index (χ2v) is 5.41. The van der Waals surface area contributed by atoms with Crippen LogP contribution in [-0.2, 0) is 11.3 Å². The maximum Gasteiger partial charge on any atom is 0.229 e. The molecule has 1 aromatic heterocycles. The summed E-state index contributed by atoms with van der Waals surface area (Å²) in [6.45, 7) is 7.52. The summed E-state index contributed by atoms with van der Waals surface area (Å²) >= 11 is 0. The Morgan fingerprint density at radius 2 is 1.86 bits per heavy atom. The van der Waals surface area contributed by atoms with Gasteiger partial charge in [0.15, 0.2) is 5.78 Å². The lowest BCUT2D eigenvalue weighted by atomic mass is 10.1. The third-order valence-electron chi connectivity index (χ3n) is 3.42. The molecule has 1 heterocycles. The van der Waals surface area contributed by atoms with E-state index in [0.29, 0.717) is 23.6 Å². The Kier molecular flexibility index (Phi) is 4.70. The van der Waals surface area contributed by atoms with E-state index >= 15 is 0 Å². The van der Waals surface area contributed by atoms with Gasteiger partial charge in [0.2, 0.25) is 5.91 Å². The Bertz CT molecular complexity index is 689. The summed E-state index contributed by atoms with van der Waals surface area (Å²) < 4.78 is 1.73. The zero-order chi connectivity index (χ0) is 16.3. The van der Waals surface area contributed by atoms with Crippen LogP contribution in [0.25, 0.3) is 0 Å². The maximum absolute atomic E-state index is 12.2. The third-order valence-corrected chi connectivity index (χ3v) is 3.42. The van der Waals surface area contributed by atoms with Gasteiger partial charge >= 0.3 is 0 Å². The van der Waals surface area contributed by atoms with Gasteiger partial charge in [-0.1, -0.05) is 6.92 Å². The SMILES string of the molecule is CC(=O)c1ccc(NC(=O)[C@@H](C)Cn2nc(C)nc2C)cc1. The highest BCUT2D eigenvalue weighted by atomic mass is 16.2. The lowest BCUT2D eigenvalue weighted by Gasteiger charge is -2.13. The second kappa shape index (κ2) is 6.51. The van der Waals surface area contributed by atoms with Crippen molar-refractivity contribution in [1.82, 2.24) is 14.8 Å². The van der Waals surface area contributed by atoms with E-state index in [1.165, 1.54) is 6.92 Å². The first-order valence-electron chi connectivity index (χ1n) is 7.16. The Morgan fingerprint density at radius 3 is 2.36 bits per heavy atom. The summed E-state index contributed by atoms with van der Waals surface area (Å²) in [4.78, 5) is 27.7. The van der Waals surface area contributed by atoms with Gasteiger partial charge in [-0.25, -0.2) is 9.67 Å². The molecular formula is C16H20N4O2. The molecule has 1 aromatic carbocycles. The summed E-state index contributed by atoms with van der Waals surface area (Å²) in [5, 5.41) is 7.10. The normalized spacial score (nSPS) is 12.0. The van der Waals surface area contributed by atoms with Crippen LogP contribution in [-0.4, -0.2) is 26.5 Å². The molecule has 0 bridgehead atoms. The first-order chi connectivity index (χ1) is 10.4. The summed E-state index contributed by atoms with van der Waals surface area (Å²) in [5.74, 6) is 1.16. The van der Waals surface area contributed by atoms with Crippen molar-refractivity contribution in [3.05, 3.63) is 41.5 Å². The number of carbonyl (C=O) groups excluding carboxylic acids is 2. The Balaban J connectivity index is 1.99. The number of aromatic nitrogens is 3. The van der Waals surface area contributed by atoms with Crippen molar-refractivity contribution in [2.75, 3.05) is 5.32 Å². The van der Waals surface area contributed by atoms with Crippen LogP contribution in [0, 0.1) is 19.8 Å². The van der Waals surface area contributed by atoms with Crippen LogP contribution in [0.1, 0.15) is 35.9 Å². The number of hydrogen-bond acceptors (Lipinski definition) is 4. The first kappa shape index (κ1) is 15.9. The maximum atomic E-state index is 12.2. The van der Waals surface area contributed by atoms with E-state index in [9.17, 15) is 9.59 Å². The number of aryl methyl sites for hydroxylation is 2. The fourth-order valence-electron chi connectivity index (χ4n) is 2.13. The number of hydrogen-bond donors (Lipinski definition) is 1. The largest absolute Gasteiger partial charge is 0.326 e. The number of carbonyl (C=O) groups is 2. The van der Waals surface area contributed by atoms with Gasteiger partial charge in [0.1, 0.15) is 11.6 Å². The van der Waals surface area contributed by atoms with E-state index in [1.54, 1.807) is 28.9 Å². The number of rotatable bonds is 5. The molecule has 0 radical (unpaired) electrons. The minimum absolute atomic E-state index is 0.00303. The van der Waals surface area contributed by atoms with Gasteiger partial charge in [-0.05, 0) is 45.0 Å². The van der Waals surface area contributed by atoms with Crippen LogP contribution in [0.3, 0.4) is 0 Å². The minimum atomic E-state index is -0.243. The molecular weight excluding hydrogens is 280 g/mol. The molecule has 6 heteroatoms. The monoisotopic (exact) mass is 300 g/mol. The van der Waals surface area contributed by atoms with Crippen molar-refractivity contribution in [2.24, 2.45) is 5.92 Å². The molecule has 0 unspecified atom stereocenters. The predicted octanol–water partition coefficient (Wildman–Crippen LogP) is 2.37. The molecule has 2 aromatic rings. The lowest BCUT2D eigenvalue weighted by Crippen LogP contribution is -2.25. The van der Waals surface area contributed by atoms with Crippen LogP contribution in [0.4, 0.5) is 5.69 Å². The Labute approximate surface area is 129 Å². The number of anilines is 1. The molecule has 0 aliphatic rings. The number of ketones is 1. The van der Waals surface area contributed by atoms with Crippen molar-refractivity contribution in [3.8, 4) is 0 Å². The van der Waals surface area contributed by atoms with Crippen molar-refractivity contribution < 1.29 is 9.59 Å². The van der Waals surface area contributed by atoms with E-state index in [2.05, 4.69) is 15.4 Å². The van der Waals surface area contributed by atoms with Gasteiger partial charge in [-0.15, -0.1) is 0 Å². The highest BCUT2D eigenvalue weighted by Crippen LogP contribution is 2.12.